The van der Waals surface area contributed by atoms with Gasteiger partial charge in [-0.1, -0.05) is 17.7 Å². The second-order valence-corrected chi connectivity index (χ2v) is 4.50. The molecule has 0 aliphatic rings. The lowest BCUT2D eigenvalue weighted by atomic mass is 10.1. The van der Waals surface area contributed by atoms with Crippen molar-refractivity contribution in [3.63, 3.8) is 0 Å². The maximum atomic E-state index is 11.8. The summed E-state index contributed by atoms with van der Waals surface area (Å²) in [6.45, 7) is 5.58. The van der Waals surface area contributed by atoms with E-state index in [9.17, 15) is 9.59 Å². The van der Waals surface area contributed by atoms with Crippen molar-refractivity contribution in [3.8, 4) is 0 Å². The molecule has 0 aliphatic carbocycles. The summed E-state index contributed by atoms with van der Waals surface area (Å²) in [5.41, 5.74) is 1.43. The highest BCUT2D eigenvalue weighted by Crippen LogP contribution is 2.18. The predicted octanol–water partition coefficient (Wildman–Crippen LogP) is 3.16. The van der Waals surface area contributed by atoms with Crippen molar-refractivity contribution >= 4 is 29.6 Å². The number of benzene rings is 1. The first kappa shape index (κ1) is 16.2. The zero-order chi connectivity index (χ0) is 15.1. The number of hydrogen-bond donors (Lipinski definition) is 0. The van der Waals surface area contributed by atoms with Crippen molar-refractivity contribution < 1.29 is 19.1 Å². The van der Waals surface area contributed by atoms with E-state index in [2.05, 4.69) is 0 Å². The number of aryl methyl sites for hydroxylation is 1. The van der Waals surface area contributed by atoms with E-state index in [-0.39, 0.29) is 18.8 Å². The van der Waals surface area contributed by atoms with E-state index < -0.39 is 11.9 Å². The van der Waals surface area contributed by atoms with E-state index in [4.69, 9.17) is 21.1 Å². The van der Waals surface area contributed by atoms with E-state index in [1.807, 2.05) is 13.0 Å². The Balaban J connectivity index is 3.17. The van der Waals surface area contributed by atoms with Gasteiger partial charge in [0, 0.05) is 5.02 Å². The van der Waals surface area contributed by atoms with Crippen LogP contribution in [0.25, 0.3) is 6.08 Å². The normalized spacial score (nSPS) is 9.80. The fourth-order valence-corrected chi connectivity index (χ4v) is 1.93. The average molecular weight is 297 g/mol. The molecule has 0 amide bonds. The summed E-state index contributed by atoms with van der Waals surface area (Å²) in [6.07, 6.45) is 1.43. The standard InChI is InChI=1S/C15H17ClO4/c1-4-19-14(17)13(15(18)20-5-2)9-11-6-10(3)7-12(16)8-11/h6-9H,4-5H2,1-3H3. The van der Waals surface area contributed by atoms with Crippen LogP contribution in [-0.4, -0.2) is 25.2 Å². The Morgan fingerprint density at radius 2 is 1.65 bits per heavy atom. The van der Waals surface area contributed by atoms with Gasteiger partial charge in [0.2, 0.25) is 0 Å². The Morgan fingerprint density at radius 1 is 1.10 bits per heavy atom. The molecule has 0 fully saturated rings. The van der Waals surface area contributed by atoms with E-state index in [0.717, 1.165) is 5.56 Å². The summed E-state index contributed by atoms with van der Waals surface area (Å²) in [6, 6.07) is 5.25. The van der Waals surface area contributed by atoms with Crippen molar-refractivity contribution in [3.05, 3.63) is 39.9 Å². The number of rotatable bonds is 5. The summed E-state index contributed by atoms with van der Waals surface area (Å²) in [7, 11) is 0. The Bertz CT molecular complexity index is 494. The zero-order valence-electron chi connectivity index (χ0n) is 11.7. The van der Waals surface area contributed by atoms with Gasteiger partial charge in [-0.25, -0.2) is 9.59 Å². The van der Waals surface area contributed by atoms with Crippen LogP contribution in [0.15, 0.2) is 23.8 Å². The molecular formula is C15H17ClO4. The molecule has 1 aromatic rings. The average Bonchev–Trinajstić information content (AvgIpc) is 2.35. The molecule has 0 saturated heterocycles. The van der Waals surface area contributed by atoms with Crippen molar-refractivity contribution in [2.75, 3.05) is 13.2 Å². The summed E-state index contributed by atoms with van der Waals surface area (Å²) in [5, 5.41) is 0.531. The van der Waals surface area contributed by atoms with Crippen LogP contribution in [0.4, 0.5) is 0 Å². The Hall–Kier alpha value is -1.81. The predicted molar refractivity (Wildman–Crippen MR) is 77.4 cm³/mol. The van der Waals surface area contributed by atoms with Crippen LogP contribution in [0.2, 0.25) is 5.02 Å². The number of ether oxygens (including phenoxy) is 2. The van der Waals surface area contributed by atoms with Gasteiger partial charge in [0.15, 0.2) is 0 Å². The third-order valence-electron chi connectivity index (χ3n) is 2.37. The van der Waals surface area contributed by atoms with Crippen molar-refractivity contribution in [1.29, 1.82) is 0 Å². The van der Waals surface area contributed by atoms with Crippen molar-refractivity contribution in [2.24, 2.45) is 0 Å². The fraction of sp³-hybridized carbons (Fsp3) is 0.333. The van der Waals surface area contributed by atoms with Gasteiger partial charge in [-0.3, -0.25) is 0 Å². The molecule has 0 spiro atoms. The number of hydrogen-bond acceptors (Lipinski definition) is 4. The molecule has 1 rings (SSSR count). The molecule has 0 bridgehead atoms. The fourth-order valence-electron chi connectivity index (χ4n) is 1.63. The van der Waals surface area contributed by atoms with Crippen LogP contribution in [0.3, 0.4) is 0 Å². The van der Waals surface area contributed by atoms with Gasteiger partial charge in [0.1, 0.15) is 5.57 Å². The molecule has 0 aliphatic heterocycles. The third kappa shape index (κ3) is 4.70. The molecule has 1 aromatic carbocycles. The van der Waals surface area contributed by atoms with E-state index in [1.54, 1.807) is 26.0 Å². The van der Waals surface area contributed by atoms with Gasteiger partial charge in [0.25, 0.3) is 0 Å². The molecule has 0 N–H and O–H groups in total. The Kier molecular flexibility index (Phi) is 6.25. The summed E-state index contributed by atoms with van der Waals surface area (Å²) in [5.74, 6) is -1.41. The largest absolute Gasteiger partial charge is 0.462 e. The molecule has 0 radical (unpaired) electrons. The molecule has 20 heavy (non-hydrogen) atoms. The van der Waals surface area contributed by atoms with Crippen LogP contribution in [0.1, 0.15) is 25.0 Å². The monoisotopic (exact) mass is 296 g/mol. The molecule has 4 nitrogen and oxygen atoms in total. The highest BCUT2D eigenvalue weighted by Gasteiger charge is 2.20. The molecule has 5 heteroatoms. The van der Waals surface area contributed by atoms with Crippen LogP contribution in [0.5, 0.6) is 0 Å². The second-order valence-electron chi connectivity index (χ2n) is 4.06. The number of carbonyl (C=O) groups is 2. The van der Waals surface area contributed by atoms with Gasteiger partial charge in [-0.05, 0) is 50.1 Å². The van der Waals surface area contributed by atoms with E-state index >= 15 is 0 Å². The number of halogens is 1. The van der Waals surface area contributed by atoms with Gasteiger partial charge in [-0.15, -0.1) is 0 Å². The Labute approximate surface area is 123 Å². The smallest absolute Gasteiger partial charge is 0.345 e. The minimum atomic E-state index is -0.705. The quantitative estimate of drug-likeness (QED) is 0.362. The first-order valence-corrected chi connectivity index (χ1v) is 6.68. The van der Waals surface area contributed by atoms with E-state index in [0.29, 0.717) is 10.6 Å². The molecule has 0 atom stereocenters. The lowest BCUT2D eigenvalue weighted by molar-refractivity contribution is -0.146. The van der Waals surface area contributed by atoms with Crippen molar-refractivity contribution in [2.45, 2.75) is 20.8 Å². The summed E-state index contributed by atoms with van der Waals surface area (Å²) < 4.78 is 9.73. The highest BCUT2D eigenvalue weighted by molar-refractivity contribution is 6.30. The summed E-state index contributed by atoms with van der Waals surface area (Å²) in [4.78, 5) is 23.6. The van der Waals surface area contributed by atoms with Gasteiger partial charge < -0.3 is 9.47 Å². The lowest BCUT2D eigenvalue weighted by Gasteiger charge is -2.07. The third-order valence-corrected chi connectivity index (χ3v) is 2.58. The van der Waals surface area contributed by atoms with Crippen LogP contribution in [-0.2, 0) is 19.1 Å². The second kappa shape index (κ2) is 7.70. The summed E-state index contributed by atoms with van der Waals surface area (Å²) >= 11 is 5.95. The SMILES string of the molecule is CCOC(=O)C(=Cc1cc(C)cc(Cl)c1)C(=O)OCC. The molecule has 0 saturated carbocycles. The van der Waals surface area contributed by atoms with Gasteiger partial charge in [0.05, 0.1) is 13.2 Å². The molecule has 0 aromatic heterocycles. The molecular weight excluding hydrogens is 280 g/mol. The first-order chi connectivity index (χ1) is 9.47. The minimum absolute atomic E-state index is 0.143. The lowest BCUT2D eigenvalue weighted by Crippen LogP contribution is -2.18. The van der Waals surface area contributed by atoms with E-state index in [1.165, 1.54) is 6.08 Å². The van der Waals surface area contributed by atoms with Crippen LogP contribution >= 0.6 is 11.6 Å². The topological polar surface area (TPSA) is 52.6 Å². The maximum Gasteiger partial charge on any atom is 0.345 e. The number of esters is 2. The molecule has 0 heterocycles. The maximum absolute atomic E-state index is 11.8. The molecule has 108 valence electrons. The minimum Gasteiger partial charge on any atom is -0.462 e. The first-order valence-electron chi connectivity index (χ1n) is 6.31. The van der Waals surface area contributed by atoms with Crippen LogP contribution in [0, 0.1) is 6.92 Å². The van der Waals surface area contributed by atoms with Gasteiger partial charge >= 0.3 is 11.9 Å². The Morgan fingerprint density at radius 3 is 2.10 bits per heavy atom. The van der Waals surface area contributed by atoms with Gasteiger partial charge in [-0.2, -0.15) is 0 Å². The number of carbonyl (C=O) groups excluding carboxylic acids is 2. The molecule has 0 unspecified atom stereocenters. The van der Waals surface area contributed by atoms with Crippen LogP contribution < -0.4 is 0 Å². The van der Waals surface area contributed by atoms with Crippen molar-refractivity contribution in [1.82, 2.24) is 0 Å². The zero-order valence-corrected chi connectivity index (χ0v) is 12.5. The highest BCUT2D eigenvalue weighted by atomic mass is 35.5.